The van der Waals surface area contributed by atoms with Crippen molar-refractivity contribution in [3.05, 3.63) is 188 Å². The third-order valence-electron chi connectivity index (χ3n) is 10.2. The van der Waals surface area contributed by atoms with Gasteiger partial charge in [-0.1, -0.05) is 146 Å². The highest BCUT2D eigenvalue weighted by Gasteiger charge is 2.16. The number of hydrogen-bond donors (Lipinski definition) is 0. The third-order valence-corrected chi connectivity index (χ3v) is 10.2. The van der Waals surface area contributed by atoms with E-state index in [0.717, 1.165) is 44.8 Å². The van der Waals surface area contributed by atoms with Gasteiger partial charge in [0.2, 0.25) is 0 Å². The van der Waals surface area contributed by atoms with Gasteiger partial charge in [-0.05, 0) is 95.7 Å². The summed E-state index contributed by atoms with van der Waals surface area (Å²) in [4.78, 5) is 14.5. The largest absolute Gasteiger partial charge is 0.265 e. The molecule has 0 saturated carbocycles. The molecule has 0 aliphatic rings. The van der Waals surface area contributed by atoms with E-state index in [1.54, 1.807) is 0 Å². The van der Waals surface area contributed by atoms with Gasteiger partial charge in [-0.3, -0.25) is 4.98 Å². The van der Waals surface area contributed by atoms with Gasteiger partial charge in [0.25, 0.3) is 0 Å². The van der Waals surface area contributed by atoms with Gasteiger partial charge in [0, 0.05) is 29.1 Å². The maximum Gasteiger partial charge on any atom is 0.160 e. The van der Waals surface area contributed by atoms with Crippen LogP contribution in [0.1, 0.15) is 0 Å². The van der Waals surface area contributed by atoms with Crippen LogP contribution in [0.4, 0.5) is 0 Å². The Morgan fingerprint density at radius 2 is 0.808 bits per heavy atom. The normalized spacial score (nSPS) is 11.5. The lowest BCUT2D eigenvalue weighted by Crippen LogP contribution is -1.96. The number of nitrogens with zero attached hydrogens (tertiary/aromatic N) is 3. The van der Waals surface area contributed by atoms with Gasteiger partial charge >= 0.3 is 0 Å². The summed E-state index contributed by atoms with van der Waals surface area (Å²) in [5, 5.41) is 10.2. The third kappa shape index (κ3) is 5.10. The molecule has 8 aromatic carbocycles. The van der Waals surface area contributed by atoms with Crippen LogP contribution in [0.5, 0.6) is 0 Å². The molecule has 0 radical (unpaired) electrons. The molecular formula is C49H31N3. The first kappa shape index (κ1) is 29.9. The zero-order valence-corrected chi connectivity index (χ0v) is 28.2. The summed E-state index contributed by atoms with van der Waals surface area (Å²) in [6.45, 7) is 0. The summed E-state index contributed by atoms with van der Waals surface area (Å²) in [6.07, 6.45) is 3.65. The van der Waals surface area contributed by atoms with E-state index >= 15 is 0 Å². The molecule has 2 heterocycles. The molecule has 0 atom stereocenters. The molecular weight excluding hydrogens is 631 g/mol. The first-order valence-corrected chi connectivity index (χ1v) is 17.6. The van der Waals surface area contributed by atoms with Crippen molar-refractivity contribution >= 4 is 43.1 Å². The van der Waals surface area contributed by atoms with Crippen molar-refractivity contribution in [1.82, 2.24) is 15.0 Å². The Balaban J connectivity index is 1.13. The summed E-state index contributed by atoms with van der Waals surface area (Å²) in [5.41, 5.74) is 9.43. The number of rotatable bonds is 5. The quantitative estimate of drug-likeness (QED) is 0.172. The molecule has 0 N–H and O–H groups in total. The topological polar surface area (TPSA) is 38.7 Å². The average molecular weight is 662 g/mol. The molecule has 0 bridgehead atoms. The Morgan fingerprint density at radius 3 is 1.52 bits per heavy atom. The van der Waals surface area contributed by atoms with Gasteiger partial charge in [0.1, 0.15) is 0 Å². The van der Waals surface area contributed by atoms with Gasteiger partial charge in [-0.2, -0.15) is 0 Å². The van der Waals surface area contributed by atoms with E-state index < -0.39 is 0 Å². The molecule has 2 aromatic heterocycles. The Morgan fingerprint density at radius 1 is 0.288 bits per heavy atom. The van der Waals surface area contributed by atoms with Crippen LogP contribution in [-0.4, -0.2) is 15.0 Å². The molecule has 0 spiro atoms. The van der Waals surface area contributed by atoms with Crippen LogP contribution in [-0.2, 0) is 0 Å². The number of hydrogen-bond acceptors (Lipinski definition) is 3. The minimum absolute atomic E-state index is 0.693. The zero-order chi connectivity index (χ0) is 34.4. The summed E-state index contributed by atoms with van der Waals surface area (Å²) in [5.74, 6) is 0.693. The summed E-state index contributed by atoms with van der Waals surface area (Å²) in [7, 11) is 0. The Kier molecular flexibility index (Phi) is 7.14. The van der Waals surface area contributed by atoms with Gasteiger partial charge < -0.3 is 0 Å². The maximum absolute atomic E-state index is 5.17. The summed E-state index contributed by atoms with van der Waals surface area (Å²) < 4.78 is 0. The van der Waals surface area contributed by atoms with Crippen LogP contribution in [0.15, 0.2) is 188 Å². The van der Waals surface area contributed by atoms with E-state index in [2.05, 4.69) is 163 Å². The van der Waals surface area contributed by atoms with Crippen molar-refractivity contribution < 1.29 is 0 Å². The van der Waals surface area contributed by atoms with Crippen molar-refractivity contribution in [3.63, 3.8) is 0 Å². The molecule has 242 valence electrons. The summed E-state index contributed by atoms with van der Waals surface area (Å²) in [6, 6.07) is 62.6. The van der Waals surface area contributed by atoms with E-state index in [9.17, 15) is 0 Å². The van der Waals surface area contributed by atoms with Gasteiger partial charge in [0.05, 0.1) is 11.4 Å². The molecule has 0 amide bonds. The van der Waals surface area contributed by atoms with Crippen LogP contribution in [0.3, 0.4) is 0 Å². The number of aromatic nitrogens is 3. The Labute approximate surface area is 301 Å². The van der Waals surface area contributed by atoms with E-state index in [4.69, 9.17) is 9.97 Å². The van der Waals surface area contributed by atoms with Crippen LogP contribution < -0.4 is 0 Å². The first-order valence-electron chi connectivity index (χ1n) is 17.6. The highest BCUT2D eigenvalue weighted by molar-refractivity contribution is 6.33. The molecule has 0 saturated heterocycles. The van der Waals surface area contributed by atoms with Crippen molar-refractivity contribution in [2.75, 3.05) is 0 Å². The van der Waals surface area contributed by atoms with E-state index in [1.807, 2.05) is 30.6 Å². The predicted octanol–water partition coefficient (Wildman–Crippen LogP) is 12.8. The lowest BCUT2D eigenvalue weighted by atomic mass is 9.87. The second-order valence-electron chi connectivity index (χ2n) is 13.2. The van der Waals surface area contributed by atoms with Crippen molar-refractivity contribution in [2.24, 2.45) is 0 Å². The van der Waals surface area contributed by atoms with Crippen molar-refractivity contribution in [3.8, 4) is 56.2 Å². The van der Waals surface area contributed by atoms with Gasteiger partial charge in [0.15, 0.2) is 5.82 Å². The molecule has 0 aliphatic carbocycles. The van der Waals surface area contributed by atoms with Gasteiger partial charge in [-0.25, -0.2) is 9.97 Å². The molecule has 52 heavy (non-hydrogen) atoms. The minimum atomic E-state index is 0.693. The SMILES string of the molecule is c1ccc(-c2cc(-c3cccc(-c4ccncc4)c3)nc(-c3ccc(-c4cc5c6ccccc6c6ccccc6c5c5ccccc45)cc3)n2)cc1. The van der Waals surface area contributed by atoms with E-state index in [1.165, 1.54) is 48.7 Å². The first-order chi connectivity index (χ1) is 25.8. The van der Waals surface area contributed by atoms with Crippen LogP contribution in [0.25, 0.3) is 99.2 Å². The second-order valence-corrected chi connectivity index (χ2v) is 13.2. The molecule has 10 aromatic rings. The molecule has 0 fully saturated rings. The fraction of sp³-hybridized carbons (Fsp3) is 0. The summed E-state index contributed by atoms with van der Waals surface area (Å²) >= 11 is 0. The van der Waals surface area contributed by atoms with Crippen molar-refractivity contribution in [2.45, 2.75) is 0 Å². The van der Waals surface area contributed by atoms with Crippen LogP contribution >= 0.6 is 0 Å². The predicted molar refractivity (Wildman–Crippen MR) is 217 cm³/mol. The Bertz CT molecular complexity index is 2930. The smallest absolute Gasteiger partial charge is 0.160 e. The molecule has 0 aliphatic heterocycles. The monoisotopic (exact) mass is 661 g/mol. The van der Waals surface area contributed by atoms with E-state index in [0.29, 0.717) is 5.82 Å². The van der Waals surface area contributed by atoms with E-state index in [-0.39, 0.29) is 0 Å². The highest BCUT2D eigenvalue weighted by atomic mass is 14.9. The zero-order valence-electron chi connectivity index (χ0n) is 28.2. The Hall–Kier alpha value is -6.97. The molecule has 3 nitrogen and oxygen atoms in total. The fourth-order valence-corrected chi connectivity index (χ4v) is 7.69. The maximum atomic E-state index is 5.17. The molecule has 3 heteroatoms. The number of fused-ring (bicyclic) bond motifs is 8. The molecule has 10 rings (SSSR count). The molecule has 0 unspecified atom stereocenters. The number of benzene rings is 8. The second kappa shape index (κ2) is 12.4. The van der Waals surface area contributed by atoms with Gasteiger partial charge in [-0.15, -0.1) is 0 Å². The lowest BCUT2D eigenvalue weighted by Gasteiger charge is -2.16. The fourth-order valence-electron chi connectivity index (χ4n) is 7.69. The number of pyridine rings is 1. The average Bonchev–Trinajstić information content (AvgIpc) is 3.24. The van der Waals surface area contributed by atoms with Crippen LogP contribution in [0, 0.1) is 0 Å². The highest BCUT2D eigenvalue weighted by Crippen LogP contribution is 2.43. The minimum Gasteiger partial charge on any atom is -0.265 e. The standard InChI is InChI=1S/C49H31N3/c1-2-11-34(12-3-1)46-31-47(37-14-10-13-36(29-37)32-25-27-50-28-26-32)52-49(51-46)35-23-21-33(22-24-35)44-30-45-40-17-5-4-15-38(40)39-16-6-8-19-42(39)48(45)43-20-9-7-18-41(43)44/h1-31H. The van der Waals surface area contributed by atoms with Crippen molar-refractivity contribution in [1.29, 1.82) is 0 Å². The lowest BCUT2D eigenvalue weighted by molar-refractivity contribution is 1.18. The van der Waals surface area contributed by atoms with Crippen LogP contribution in [0.2, 0.25) is 0 Å².